The SMILES string of the molecule is O=S(=O)(O)C1(F)O[C@@H](Oc2ccccc2)[C@@](O)(c2ccoc2)[C@@H](O)[C@@H]1O. The number of halogens is 1. The van der Waals surface area contributed by atoms with Gasteiger partial charge in [0.25, 0.3) is 0 Å². The van der Waals surface area contributed by atoms with Gasteiger partial charge in [0.15, 0.2) is 11.7 Å². The van der Waals surface area contributed by atoms with Crippen LogP contribution in [0.5, 0.6) is 5.75 Å². The van der Waals surface area contributed by atoms with Gasteiger partial charge in [0.1, 0.15) is 11.9 Å². The van der Waals surface area contributed by atoms with E-state index in [2.05, 4.69) is 4.74 Å². The predicted octanol–water partition coefficient (Wildman–Crippen LogP) is 0.135. The van der Waals surface area contributed by atoms with Crippen molar-refractivity contribution in [1.29, 1.82) is 0 Å². The Morgan fingerprint density at radius 1 is 1.12 bits per heavy atom. The van der Waals surface area contributed by atoms with Crippen LogP contribution in [0, 0.1) is 0 Å². The van der Waals surface area contributed by atoms with Crippen LogP contribution in [0.3, 0.4) is 0 Å². The number of hydrogen-bond acceptors (Lipinski definition) is 8. The summed E-state index contributed by atoms with van der Waals surface area (Å²) in [5.74, 6) is 0.0284. The average Bonchev–Trinajstić information content (AvgIpc) is 3.13. The maximum atomic E-state index is 14.8. The van der Waals surface area contributed by atoms with Crippen molar-refractivity contribution in [2.75, 3.05) is 0 Å². The summed E-state index contributed by atoms with van der Waals surface area (Å²) < 4.78 is 61.4. The minimum absolute atomic E-state index is 0.0284. The lowest BCUT2D eigenvalue weighted by molar-refractivity contribution is -0.361. The Labute approximate surface area is 147 Å². The lowest BCUT2D eigenvalue weighted by Gasteiger charge is -2.48. The summed E-state index contributed by atoms with van der Waals surface area (Å²) in [4.78, 5) is 0. The molecule has 11 heteroatoms. The molecule has 0 saturated carbocycles. The molecule has 9 nitrogen and oxygen atoms in total. The zero-order valence-electron chi connectivity index (χ0n) is 13.0. The molecule has 2 heterocycles. The molecular weight excluding hydrogens is 375 g/mol. The molecule has 1 aliphatic rings. The summed E-state index contributed by atoms with van der Waals surface area (Å²) in [7, 11) is -5.67. The molecule has 1 aliphatic heterocycles. The van der Waals surface area contributed by atoms with Crippen LogP contribution < -0.4 is 4.74 Å². The standard InChI is InChI=1S/C15H15FO9S/c16-15(26(20,21)22)12(18)11(17)14(19,9-6-7-23-8-9)13(25-15)24-10-4-2-1-3-5-10/h1-8,11-13,17-19H,(H,20,21,22)/t11-,12-,13+,14+,15?/m0/s1. The first-order valence-corrected chi connectivity index (χ1v) is 8.71. The fraction of sp³-hybridized carbons (Fsp3) is 0.333. The Hall–Kier alpha value is -2.02. The number of alkyl halides is 1. The number of rotatable bonds is 4. The highest BCUT2D eigenvalue weighted by molar-refractivity contribution is 7.87. The third-order valence-electron chi connectivity index (χ3n) is 4.05. The summed E-state index contributed by atoms with van der Waals surface area (Å²) in [6.45, 7) is 0. The van der Waals surface area contributed by atoms with Gasteiger partial charge in [-0.1, -0.05) is 18.2 Å². The molecule has 2 aromatic rings. The van der Waals surface area contributed by atoms with Gasteiger partial charge in [0.2, 0.25) is 6.29 Å². The molecule has 0 radical (unpaired) electrons. The van der Waals surface area contributed by atoms with E-state index in [4.69, 9.17) is 13.7 Å². The molecule has 1 aromatic carbocycles. The molecule has 3 rings (SSSR count). The fourth-order valence-electron chi connectivity index (χ4n) is 2.62. The number of ether oxygens (including phenoxy) is 2. The van der Waals surface area contributed by atoms with Crippen LogP contribution in [-0.2, 0) is 20.5 Å². The van der Waals surface area contributed by atoms with Crippen molar-refractivity contribution in [2.45, 2.75) is 29.3 Å². The largest absolute Gasteiger partial charge is 0.472 e. The number of benzene rings is 1. The van der Waals surface area contributed by atoms with Crippen molar-refractivity contribution in [3.05, 3.63) is 54.5 Å². The number of aliphatic hydroxyl groups is 3. The minimum atomic E-state index is -5.67. The van der Waals surface area contributed by atoms with Crippen LogP contribution in [0.25, 0.3) is 0 Å². The van der Waals surface area contributed by atoms with Crippen LogP contribution in [0.4, 0.5) is 4.39 Å². The van der Waals surface area contributed by atoms with Crippen LogP contribution >= 0.6 is 0 Å². The lowest BCUT2D eigenvalue weighted by atomic mass is 9.84. The van der Waals surface area contributed by atoms with Gasteiger partial charge in [-0.05, 0) is 18.2 Å². The summed E-state index contributed by atoms with van der Waals surface area (Å²) in [5, 5.41) is 27.0. The second-order valence-electron chi connectivity index (χ2n) is 5.67. The van der Waals surface area contributed by atoms with E-state index in [-0.39, 0.29) is 11.3 Å². The third kappa shape index (κ3) is 2.78. The van der Waals surface area contributed by atoms with Crippen molar-refractivity contribution in [3.63, 3.8) is 0 Å². The van der Waals surface area contributed by atoms with E-state index in [0.29, 0.717) is 0 Å². The van der Waals surface area contributed by atoms with Gasteiger partial charge in [-0.2, -0.15) is 12.8 Å². The molecule has 1 aromatic heterocycles. The van der Waals surface area contributed by atoms with Crippen molar-refractivity contribution < 1.29 is 46.6 Å². The Bertz CT molecular complexity index is 857. The van der Waals surface area contributed by atoms with E-state index < -0.39 is 39.4 Å². The van der Waals surface area contributed by atoms with Gasteiger partial charge in [0, 0.05) is 5.56 Å². The van der Waals surface area contributed by atoms with Gasteiger partial charge >= 0.3 is 15.3 Å². The molecule has 0 aliphatic carbocycles. The molecule has 1 unspecified atom stereocenters. The van der Waals surface area contributed by atoms with Crippen molar-refractivity contribution in [2.24, 2.45) is 0 Å². The molecule has 0 spiro atoms. The molecule has 142 valence electrons. The zero-order chi connectivity index (χ0) is 19.2. The number of furan rings is 1. The Kier molecular flexibility index (Phi) is 4.55. The monoisotopic (exact) mass is 390 g/mol. The number of hydrogen-bond donors (Lipinski definition) is 4. The first-order valence-electron chi connectivity index (χ1n) is 7.27. The van der Waals surface area contributed by atoms with Gasteiger partial charge in [-0.15, -0.1) is 0 Å². The van der Waals surface area contributed by atoms with E-state index in [9.17, 15) is 28.1 Å². The maximum absolute atomic E-state index is 14.8. The number of para-hydroxylation sites is 1. The summed E-state index contributed by atoms with van der Waals surface area (Å²) in [5.41, 5.74) is -2.80. The van der Waals surface area contributed by atoms with Crippen molar-refractivity contribution >= 4 is 10.1 Å². The minimum Gasteiger partial charge on any atom is -0.472 e. The van der Waals surface area contributed by atoms with E-state index in [1.54, 1.807) is 6.07 Å². The van der Waals surface area contributed by atoms with Gasteiger partial charge in [0.05, 0.1) is 12.5 Å². The molecule has 5 atom stereocenters. The fourth-order valence-corrected chi connectivity index (χ4v) is 3.27. The molecule has 1 fully saturated rings. The van der Waals surface area contributed by atoms with Gasteiger partial charge in [-0.25, -0.2) is 0 Å². The van der Waals surface area contributed by atoms with E-state index in [1.165, 1.54) is 30.3 Å². The van der Waals surface area contributed by atoms with E-state index in [1.807, 2.05) is 0 Å². The Morgan fingerprint density at radius 2 is 1.77 bits per heavy atom. The van der Waals surface area contributed by atoms with Crippen LogP contribution in [0.1, 0.15) is 5.56 Å². The highest BCUT2D eigenvalue weighted by Crippen LogP contribution is 2.45. The first kappa shape index (κ1) is 18.8. The second-order valence-corrected chi connectivity index (χ2v) is 7.17. The topological polar surface area (TPSA) is 147 Å². The van der Waals surface area contributed by atoms with Crippen molar-refractivity contribution in [1.82, 2.24) is 0 Å². The molecule has 1 saturated heterocycles. The second kappa shape index (κ2) is 6.30. The third-order valence-corrected chi connectivity index (χ3v) is 5.09. The molecule has 4 N–H and O–H groups in total. The smallest absolute Gasteiger partial charge is 0.367 e. The van der Waals surface area contributed by atoms with Crippen LogP contribution in [-0.4, -0.2) is 52.0 Å². The highest BCUT2D eigenvalue weighted by atomic mass is 32.2. The van der Waals surface area contributed by atoms with Crippen LogP contribution in [0.15, 0.2) is 53.3 Å². The van der Waals surface area contributed by atoms with Crippen molar-refractivity contribution in [3.8, 4) is 5.75 Å². The molecule has 26 heavy (non-hydrogen) atoms. The van der Waals surface area contributed by atoms with E-state index >= 15 is 0 Å². The Morgan fingerprint density at radius 3 is 2.31 bits per heavy atom. The maximum Gasteiger partial charge on any atom is 0.367 e. The Balaban J connectivity index is 2.10. The zero-order valence-corrected chi connectivity index (χ0v) is 13.8. The van der Waals surface area contributed by atoms with Gasteiger partial charge in [-0.3, -0.25) is 9.29 Å². The van der Waals surface area contributed by atoms with Gasteiger partial charge < -0.3 is 24.5 Å². The van der Waals surface area contributed by atoms with E-state index in [0.717, 1.165) is 12.5 Å². The highest BCUT2D eigenvalue weighted by Gasteiger charge is 2.69. The lowest BCUT2D eigenvalue weighted by Crippen LogP contribution is -2.70. The molecule has 0 bridgehead atoms. The summed E-state index contributed by atoms with van der Waals surface area (Å²) >= 11 is 0. The summed E-state index contributed by atoms with van der Waals surface area (Å²) in [6, 6.07) is 8.66. The first-order chi connectivity index (χ1) is 12.1. The normalized spacial score (nSPS) is 35.2. The number of aliphatic hydroxyl groups excluding tert-OH is 2. The summed E-state index contributed by atoms with van der Waals surface area (Å²) in [6.07, 6.45) is -5.40. The molecule has 0 amide bonds. The quantitative estimate of drug-likeness (QED) is 0.535. The molecular formula is C15H15FO9S. The van der Waals surface area contributed by atoms with Crippen LogP contribution in [0.2, 0.25) is 0 Å². The average molecular weight is 390 g/mol. The predicted molar refractivity (Wildman–Crippen MR) is 81.9 cm³/mol.